The van der Waals surface area contributed by atoms with Crippen LogP contribution in [0.25, 0.3) is 0 Å². The maximum Gasteiger partial charge on any atom is 0.305 e. The van der Waals surface area contributed by atoms with Gasteiger partial charge in [-0.1, -0.05) is 12.1 Å². The number of nitrogens with one attached hydrogen (secondary N) is 1. The SMILES string of the molecule is CCc1cn([C@@H](CC(=O)O)C(=O)C2CCNCC2)nn1. The minimum absolute atomic E-state index is 0.0403. The van der Waals surface area contributed by atoms with Crippen LogP contribution >= 0.6 is 0 Å². The molecular formula is C13H20N4O3. The normalized spacial score (nSPS) is 17.9. The highest BCUT2D eigenvalue weighted by atomic mass is 16.4. The van der Waals surface area contributed by atoms with Crippen LogP contribution in [0.3, 0.4) is 0 Å². The summed E-state index contributed by atoms with van der Waals surface area (Å²) in [7, 11) is 0. The quantitative estimate of drug-likeness (QED) is 0.784. The molecule has 2 heterocycles. The van der Waals surface area contributed by atoms with E-state index in [1.54, 1.807) is 6.20 Å². The summed E-state index contributed by atoms with van der Waals surface area (Å²) >= 11 is 0. The first-order chi connectivity index (χ1) is 9.61. The molecule has 1 aliphatic heterocycles. The van der Waals surface area contributed by atoms with Crippen LogP contribution in [0.2, 0.25) is 0 Å². The molecule has 7 nitrogen and oxygen atoms in total. The molecule has 2 rings (SSSR count). The Morgan fingerprint density at radius 3 is 2.75 bits per heavy atom. The van der Waals surface area contributed by atoms with Gasteiger partial charge >= 0.3 is 5.97 Å². The Morgan fingerprint density at radius 2 is 2.20 bits per heavy atom. The minimum Gasteiger partial charge on any atom is -0.481 e. The molecule has 0 aromatic carbocycles. The van der Waals surface area contributed by atoms with Crippen molar-refractivity contribution in [1.29, 1.82) is 0 Å². The van der Waals surface area contributed by atoms with Crippen molar-refractivity contribution < 1.29 is 14.7 Å². The summed E-state index contributed by atoms with van der Waals surface area (Å²) in [5.41, 5.74) is 0.762. The fraction of sp³-hybridized carbons (Fsp3) is 0.692. The number of piperidine rings is 1. The number of carboxylic acids is 1. The lowest BCUT2D eigenvalue weighted by atomic mass is 9.88. The Morgan fingerprint density at radius 1 is 1.50 bits per heavy atom. The Bertz CT molecular complexity index is 480. The van der Waals surface area contributed by atoms with Crippen LogP contribution < -0.4 is 5.32 Å². The molecule has 1 aromatic heterocycles. The van der Waals surface area contributed by atoms with Crippen molar-refractivity contribution in [2.75, 3.05) is 13.1 Å². The molecule has 7 heteroatoms. The van der Waals surface area contributed by atoms with E-state index in [0.717, 1.165) is 31.6 Å². The van der Waals surface area contributed by atoms with Crippen molar-refractivity contribution in [3.05, 3.63) is 11.9 Å². The molecule has 2 N–H and O–H groups in total. The van der Waals surface area contributed by atoms with Crippen LogP contribution in [-0.4, -0.2) is 44.9 Å². The summed E-state index contributed by atoms with van der Waals surface area (Å²) in [6.45, 7) is 3.54. The van der Waals surface area contributed by atoms with Crippen molar-refractivity contribution in [1.82, 2.24) is 20.3 Å². The molecule has 1 saturated heterocycles. The molecule has 0 amide bonds. The highest BCUT2D eigenvalue weighted by Crippen LogP contribution is 2.23. The van der Waals surface area contributed by atoms with Gasteiger partial charge in [-0.25, -0.2) is 4.68 Å². The molecule has 1 aromatic rings. The van der Waals surface area contributed by atoms with Crippen molar-refractivity contribution in [3.63, 3.8) is 0 Å². The number of nitrogens with zero attached hydrogens (tertiary/aromatic N) is 3. The molecule has 0 radical (unpaired) electrons. The zero-order valence-electron chi connectivity index (χ0n) is 11.6. The Labute approximate surface area is 117 Å². The number of ketones is 1. The van der Waals surface area contributed by atoms with Crippen LogP contribution in [0.5, 0.6) is 0 Å². The smallest absolute Gasteiger partial charge is 0.305 e. The number of hydrogen-bond acceptors (Lipinski definition) is 5. The molecule has 1 fully saturated rings. The number of aryl methyl sites for hydroxylation is 1. The van der Waals surface area contributed by atoms with Gasteiger partial charge < -0.3 is 10.4 Å². The number of aliphatic carboxylic acids is 1. The van der Waals surface area contributed by atoms with Gasteiger partial charge in [-0.3, -0.25) is 9.59 Å². The summed E-state index contributed by atoms with van der Waals surface area (Å²) in [6.07, 6.45) is 3.65. The number of hydrogen-bond donors (Lipinski definition) is 2. The van der Waals surface area contributed by atoms with Crippen LogP contribution in [0.15, 0.2) is 6.20 Å². The van der Waals surface area contributed by atoms with Gasteiger partial charge in [0.25, 0.3) is 0 Å². The molecule has 1 aliphatic rings. The van der Waals surface area contributed by atoms with E-state index < -0.39 is 12.0 Å². The molecule has 20 heavy (non-hydrogen) atoms. The van der Waals surface area contributed by atoms with Gasteiger partial charge in [0.2, 0.25) is 0 Å². The lowest BCUT2D eigenvalue weighted by molar-refractivity contribution is -0.141. The average Bonchev–Trinajstić information content (AvgIpc) is 2.93. The number of rotatable bonds is 6. The molecular weight excluding hydrogens is 260 g/mol. The second-order valence-electron chi connectivity index (χ2n) is 5.08. The van der Waals surface area contributed by atoms with Crippen LogP contribution in [0.1, 0.15) is 37.9 Å². The Kier molecular flexibility index (Phi) is 4.84. The van der Waals surface area contributed by atoms with E-state index >= 15 is 0 Å². The van der Waals surface area contributed by atoms with Crippen molar-refractivity contribution in [2.45, 2.75) is 38.6 Å². The molecule has 0 unspecified atom stereocenters. The van der Waals surface area contributed by atoms with Gasteiger partial charge in [-0.15, -0.1) is 5.10 Å². The van der Waals surface area contributed by atoms with E-state index in [-0.39, 0.29) is 18.1 Å². The largest absolute Gasteiger partial charge is 0.481 e. The third-order valence-corrected chi connectivity index (χ3v) is 3.68. The topological polar surface area (TPSA) is 97.1 Å². The number of carbonyl (C=O) groups is 2. The van der Waals surface area contributed by atoms with Crippen LogP contribution in [0.4, 0.5) is 0 Å². The zero-order chi connectivity index (χ0) is 14.5. The summed E-state index contributed by atoms with van der Waals surface area (Å²) in [5, 5.41) is 20.1. The first kappa shape index (κ1) is 14.6. The first-order valence-corrected chi connectivity index (χ1v) is 6.98. The minimum atomic E-state index is -0.995. The van der Waals surface area contributed by atoms with Gasteiger partial charge in [0.15, 0.2) is 5.78 Å². The summed E-state index contributed by atoms with van der Waals surface area (Å²) in [4.78, 5) is 23.6. The fourth-order valence-corrected chi connectivity index (χ4v) is 2.50. The molecule has 0 aliphatic carbocycles. The van der Waals surface area contributed by atoms with Crippen molar-refractivity contribution in [2.24, 2.45) is 5.92 Å². The van der Waals surface area contributed by atoms with Gasteiger partial charge in [0, 0.05) is 12.1 Å². The third-order valence-electron chi connectivity index (χ3n) is 3.68. The molecule has 0 spiro atoms. The molecule has 1 atom stereocenters. The van der Waals surface area contributed by atoms with E-state index in [1.165, 1.54) is 4.68 Å². The highest BCUT2D eigenvalue weighted by molar-refractivity contribution is 5.88. The van der Waals surface area contributed by atoms with Crippen LogP contribution in [0, 0.1) is 5.92 Å². The van der Waals surface area contributed by atoms with E-state index in [9.17, 15) is 9.59 Å². The lowest BCUT2D eigenvalue weighted by Gasteiger charge is -2.25. The van der Waals surface area contributed by atoms with Gasteiger partial charge in [0.05, 0.1) is 12.1 Å². The monoisotopic (exact) mass is 280 g/mol. The summed E-state index contributed by atoms with van der Waals surface area (Å²) in [5.74, 6) is -1.12. The van der Waals surface area contributed by atoms with E-state index in [2.05, 4.69) is 15.6 Å². The molecule has 0 saturated carbocycles. The number of carboxylic acid groups (broad SMARTS) is 1. The van der Waals surface area contributed by atoms with Crippen molar-refractivity contribution >= 4 is 11.8 Å². The predicted octanol–water partition coefficient (Wildman–Crippen LogP) is 0.425. The average molecular weight is 280 g/mol. The van der Waals surface area contributed by atoms with Crippen molar-refractivity contribution in [3.8, 4) is 0 Å². The van der Waals surface area contributed by atoms with Crippen LogP contribution in [-0.2, 0) is 16.0 Å². The number of carbonyl (C=O) groups excluding carboxylic acids is 1. The van der Waals surface area contributed by atoms with Gasteiger partial charge in [-0.05, 0) is 32.4 Å². The standard InChI is InChI=1S/C13H20N4O3/c1-2-10-8-17(16-15-10)11(7-12(18)19)13(20)9-3-5-14-6-4-9/h8-9,11,14H,2-7H2,1H3,(H,18,19)/t11-/m0/s1. The highest BCUT2D eigenvalue weighted by Gasteiger charge is 2.31. The van der Waals surface area contributed by atoms with Gasteiger partial charge in [0.1, 0.15) is 6.04 Å². The second kappa shape index (κ2) is 6.60. The Balaban J connectivity index is 2.17. The maximum absolute atomic E-state index is 12.6. The molecule has 0 bridgehead atoms. The maximum atomic E-state index is 12.6. The molecule has 110 valence electrons. The lowest BCUT2D eigenvalue weighted by Crippen LogP contribution is -2.36. The van der Waals surface area contributed by atoms with Gasteiger partial charge in [-0.2, -0.15) is 0 Å². The third kappa shape index (κ3) is 3.41. The summed E-state index contributed by atoms with van der Waals surface area (Å²) in [6, 6.07) is -0.747. The van der Waals surface area contributed by atoms with E-state index in [1.807, 2.05) is 6.92 Å². The van der Waals surface area contributed by atoms with E-state index in [0.29, 0.717) is 6.42 Å². The number of Topliss-reactive ketones (excluding diaryl/α,β-unsaturated/α-hetero) is 1. The predicted molar refractivity (Wildman–Crippen MR) is 71.3 cm³/mol. The second-order valence-corrected chi connectivity index (χ2v) is 5.08. The zero-order valence-corrected chi connectivity index (χ0v) is 11.6. The first-order valence-electron chi connectivity index (χ1n) is 6.98. The fourth-order valence-electron chi connectivity index (χ4n) is 2.50. The Hall–Kier alpha value is -1.76. The van der Waals surface area contributed by atoms with E-state index in [4.69, 9.17) is 5.11 Å². The number of aromatic nitrogens is 3. The summed E-state index contributed by atoms with van der Waals surface area (Å²) < 4.78 is 1.41.